The predicted molar refractivity (Wildman–Crippen MR) is 67.5 cm³/mol. The van der Waals surface area contributed by atoms with E-state index in [4.69, 9.17) is 18.6 Å². The summed E-state index contributed by atoms with van der Waals surface area (Å²) in [6, 6.07) is 18.6. The van der Waals surface area contributed by atoms with Crippen LogP contribution in [-0.4, -0.2) is 5.10 Å². The zero-order valence-electron chi connectivity index (χ0n) is 11.5. The van der Waals surface area contributed by atoms with Gasteiger partial charge in [-0.3, -0.25) is 0 Å². The number of hydrogen-bond donors (Lipinski definition) is 0. The van der Waals surface area contributed by atoms with E-state index in [9.17, 15) is 0 Å². The summed E-state index contributed by atoms with van der Waals surface area (Å²) in [5.41, 5.74) is 1.26. The summed E-state index contributed by atoms with van der Waals surface area (Å²) in [7, 11) is -4.94. The van der Waals surface area contributed by atoms with Gasteiger partial charge in [0.1, 0.15) is 6.20 Å². The van der Waals surface area contributed by atoms with E-state index in [0.717, 1.165) is 6.54 Å². The molecule has 0 saturated heterocycles. The van der Waals surface area contributed by atoms with Gasteiger partial charge in [0.2, 0.25) is 6.20 Å². The summed E-state index contributed by atoms with van der Waals surface area (Å²) < 4.78 is 35.9. The van der Waals surface area contributed by atoms with Crippen LogP contribution in [0.15, 0.2) is 67.0 Å². The molecule has 0 spiro atoms. The first-order valence-electron chi connectivity index (χ1n) is 6.32. The summed E-state index contributed by atoms with van der Waals surface area (Å²) in [6.07, 6.45) is 4.00. The van der Waals surface area contributed by atoms with Gasteiger partial charge in [0.15, 0.2) is 6.54 Å². The Morgan fingerprint density at radius 2 is 1.36 bits per heavy atom. The fraction of sp³-hybridized carbons (Fsp3) is 0.0667. The molecule has 114 valence electrons. The summed E-state index contributed by atoms with van der Waals surface area (Å²) in [5.74, 6) is 0. The Morgan fingerprint density at radius 3 is 2.00 bits per heavy atom. The lowest BCUT2D eigenvalue weighted by molar-refractivity contribution is -2.00. The SMILES string of the molecule is [O-][Cl+3]([O-])([O-])[O-].c1ccc(C[n+]2cc3ccccc3cn2)cc1. The molecule has 0 aliphatic rings. The van der Waals surface area contributed by atoms with Gasteiger partial charge in [0.05, 0.1) is 0 Å². The standard InChI is InChI=1S/C15H13N2.ClHO4/c1-2-6-13(7-3-1)11-17-12-15-9-5-4-8-14(15)10-16-17;2-1(3,4)5/h1-10,12H,11H2;(H,2,3,4,5)/q+1;/p-1. The second kappa shape index (κ2) is 7.26. The number of halogens is 1. The third-order valence-electron chi connectivity index (χ3n) is 2.82. The molecule has 0 fully saturated rings. The Balaban J connectivity index is 0.000000309. The minimum absolute atomic E-state index is 0.811. The molecule has 1 heterocycles. The second-order valence-corrected chi connectivity index (χ2v) is 5.22. The van der Waals surface area contributed by atoms with Gasteiger partial charge in [0.25, 0.3) is 0 Å². The third-order valence-corrected chi connectivity index (χ3v) is 2.82. The molecule has 1 aromatic heterocycles. The zero-order chi connectivity index (χ0) is 16.0. The Kier molecular flexibility index (Phi) is 5.37. The molecule has 7 heteroatoms. The highest BCUT2D eigenvalue weighted by atomic mass is 35.7. The molecule has 22 heavy (non-hydrogen) atoms. The van der Waals surface area contributed by atoms with Crippen LogP contribution in [0, 0.1) is 10.2 Å². The number of aromatic nitrogens is 2. The number of nitrogens with zero attached hydrogens (tertiary/aromatic N) is 2. The molecule has 0 N–H and O–H groups in total. The first-order valence-corrected chi connectivity index (χ1v) is 7.55. The van der Waals surface area contributed by atoms with Crippen LogP contribution in [0.4, 0.5) is 0 Å². The van der Waals surface area contributed by atoms with Crippen LogP contribution in [0.3, 0.4) is 0 Å². The molecule has 0 radical (unpaired) electrons. The molecule has 6 nitrogen and oxygen atoms in total. The molecule has 3 aromatic rings. The van der Waals surface area contributed by atoms with Crippen molar-refractivity contribution in [2.75, 3.05) is 0 Å². The van der Waals surface area contributed by atoms with Gasteiger partial charge in [-0.2, -0.15) is 0 Å². The fourth-order valence-corrected chi connectivity index (χ4v) is 1.93. The van der Waals surface area contributed by atoms with Crippen molar-refractivity contribution in [3.8, 4) is 0 Å². The minimum atomic E-state index is -4.94. The lowest BCUT2D eigenvalue weighted by Crippen LogP contribution is -2.68. The van der Waals surface area contributed by atoms with E-state index in [-0.39, 0.29) is 0 Å². The van der Waals surface area contributed by atoms with Crippen LogP contribution >= 0.6 is 0 Å². The van der Waals surface area contributed by atoms with Gasteiger partial charge in [-0.15, -0.1) is 10.2 Å². The fourth-order valence-electron chi connectivity index (χ4n) is 1.93. The van der Waals surface area contributed by atoms with Crippen LogP contribution in [0.5, 0.6) is 0 Å². The summed E-state index contributed by atoms with van der Waals surface area (Å²) in [6.45, 7) is 0.811. The molecular formula is C15H13ClN2O4. The molecule has 0 aliphatic heterocycles. The predicted octanol–water partition coefficient (Wildman–Crippen LogP) is -2.19. The Bertz CT molecular complexity index is 726. The molecular weight excluding hydrogens is 308 g/mol. The maximum atomic E-state index is 8.49. The van der Waals surface area contributed by atoms with Gasteiger partial charge < -0.3 is 0 Å². The van der Waals surface area contributed by atoms with Crippen LogP contribution in [0.2, 0.25) is 0 Å². The van der Waals surface area contributed by atoms with Gasteiger partial charge in [-0.1, -0.05) is 53.2 Å². The van der Waals surface area contributed by atoms with Crippen molar-refractivity contribution in [3.05, 3.63) is 72.6 Å². The monoisotopic (exact) mass is 320 g/mol. The quantitative estimate of drug-likeness (QED) is 0.498. The highest BCUT2D eigenvalue weighted by Crippen LogP contribution is 2.08. The third kappa shape index (κ3) is 5.72. The van der Waals surface area contributed by atoms with Crippen molar-refractivity contribution in [1.82, 2.24) is 5.10 Å². The molecule has 2 aromatic carbocycles. The normalized spacial score (nSPS) is 10.9. The van der Waals surface area contributed by atoms with Gasteiger partial charge >= 0.3 is 0 Å². The maximum absolute atomic E-state index is 8.49. The van der Waals surface area contributed by atoms with Gasteiger partial charge in [-0.25, -0.2) is 18.6 Å². The summed E-state index contributed by atoms with van der Waals surface area (Å²) in [4.78, 5) is 0. The first kappa shape index (κ1) is 16.3. The van der Waals surface area contributed by atoms with Crippen molar-refractivity contribution < 1.29 is 33.6 Å². The van der Waals surface area contributed by atoms with Crippen molar-refractivity contribution in [1.29, 1.82) is 0 Å². The van der Waals surface area contributed by atoms with E-state index < -0.39 is 10.2 Å². The zero-order valence-corrected chi connectivity index (χ0v) is 12.2. The van der Waals surface area contributed by atoms with E-state index in [0.29, 0.717) is 0 Å². The van der Waals surface area contributed by atoms with Crippen molar-refractivity contribution in [2.45, 2.75) is 6.54 Å². The Morgan fingerprint density at radius 1 is 0.818 bits per heavy atom. The average molecular weight is 321 g/mol. The first-order chi connectivity index (χ1) is 10.4. The molecule has 0 saturated carbocycles. The molecule has 0 amide bonds. The smallest absolute Gasteiger partial charge is 0.204 e. The van der Waals surface area contributed by atoms with Crippen molar-refractivity contribution in [3.63, 3.8) is 0 Å². The van der Waals surface area contributed by atoms with Crippen LogP contribution in [-0.2, 0) is 6.54 Å². The lowest BCUT2D eigenvalue weighted by Gasteiger charge is -2.17. The number of benzene rings is 2. The largest absolute Gasteiger partial charge is 0.222 e. The number of hydrogen-bond acceptors (Lipinski definition) is 5. The van der Waals surface area contributed by atoms with Gasteiger partial charge in [-0.05, 0) is 11.2 Å². The highest BCUT2D eigenvalue weighted by Gasteiger charge is 2.05. The average Bonchev–Trinajstić information content (AvgIpc) is 2.46. The van der Waals surface area contributed by atoms with E-state index in [1.165, 1.54) is 16.3 Å². The Hall–Kier alpha value is -2.09. The summed E-state index contributed by atoms with van der Waals surface area (Å²) in [5, 5.41) is 6.82. The van der Waals surface area contributed by atoms with E-state index in [1.807, 2.05) is 23.0 Å². The molecule has 0 unspecified atom stereocenters. The molecule has 0 atom stereocenters. The maximum Gasteiger partial charge on any atom is 0.204 e. The number of fused-ring (bicyclic) bond motifs is 1. The number of rotatable bonds is 2. The topological polar surface area (TPSA) is 109 Å². The van der Waals surface area contributed by atoms with Crippen molar-refractivity contribution in [2.24, 2.45) is 0 Å². The Labute approximate surface area is 129 Å². The van der Waals surface area contributed by atoms with Crippen LogP contribution in [0.1, 0.15) is 5.56 Å². The van der Waals surface area contributed by atoms with E-state index in [2.05, 4.69) is 53.8 Å². The lowest BCUT2D eigenvalue weighted by atomic mass is 10.2. The van der Waals surface area contributed by atoms with Gasteiger partial charge in [0, 0.05) is 16.3 Å². The second-order valence-electron chi connectivity index (χ2n) is 4.46. The van der Waals surface area contributed by atoms with E-state index >= 15 is 0 Å². The molecule has 0 aliphatic carbocycles. The van der Waals surface area contributed by atoms with Crippen LogP contribution < -0.4 is 23.3 Å². The molecule has 3 rings (SSSR count). The van der Waals surface area contributed by atoms with E-state index in [1.54, 1.807) is 0 Å². The highest BCUT2D eigenvalue weighted by molar-refractivity contribution is 5.79. The van der Waals surface area contributed by atoms with Crippen LogP contribution in [0.25, 0.3) is 10.8 Å². The minimum Gasteiger partial charge on any atom is -0.222 e. The molecule has 0 bridgehead atoms. The van der Waals surface area contributed by atoms with Crippen molar-refractivity contribution >= 4 is 10.8 Å². The summed E-state index contributed by atoms with van der Waals surface area (Å²) >= 11 is 0.